The van der Waals surface area contributed by atoms with Crippen LogP contribution in [0.25, 0.3) is 0 Å². The minimum absolute atomic E-state index is 0.583. The molecule has 0 aliphatic heterocycles. The summed E-state index contributed by atoms with van der Waals surface area (Å²) >= 11 is 10.4. The Hall–Kier alpha value is 0.780. The Labute approximate surface area is 120 Å². The zero-order chi connectivity index (χ0) is 13.3. The number of hydrogen-bond donors (Lipinski definition) is 3. The van der Waals surface area contributed by atoms with E-state index >= 15 is 0 Å². The van der Waals surface area contributed by atoms with Crippen LogP contribution in [-0.2, 0) is 11.8 Å². The molecule has 0 saturated heterocycles. The summed E-state index contributed by atoms with van der Waals surface area (Å²) < 4.78 is 4.09. The van der Waals surface area contributed by atoms with Crippen molar-refractivity contribution < 1.29 is 4.89 Å². The summed E-state index contributed by atoms with van der Waals surface area (Å²) in [5.41, 5.74) is -2.80. The van der Waals surface area contributed by atoms with E-state index in [1.54, 1.807) is 11.8 Å². The molecule has 0 aromatic rings. The van der Waals surface area contributed by atoms with Crippen LogP contribution < -0.4 is 5.32 Å². The fourth-order valence-corrected chi connectivity index (χ4v) is 3.49. The monoisotopic (exact) mass is 314 g/mol. The van der Waals surface area contributed by atoms with Crippen molar-refractivity contribution in [2.75, 3.05) is 12.3 Å². The highest BCUT2D eigenvalue weighted by molar-refractivity contribution is 8.61. The number of rotatable bonds is 7. The highest BCUT2D eigenvalue weighted by atomic mass is 32.9. The second-order valence-corrected chi connectivity index (χ2v) is 10.5. The van der Waals surface area contributed by atoms with Gasteiger partial charge in [0.1, 0.15) is 0 Å². The van der Waals surface area contributed by atoms with Gasteiger partial charge in [-0.3, -0.25) is 0 Å². The van der Waals surface area contributed by atoms with Gasteiger partial charge in [-0.25, -0.2) is 0 Å². The molecule has 0 spiro atoms. The summed E-state index contributed by atoms with van der Waals surface area (Å²) in [5.74, 6) is 1.54. The van der Waals surface area contributed by atoms with E-state index in [0.717, 1.165) is 23.9 Å². The lowest BCUT2D eigenvalue weighted by molar-refractivity contribution is 0.640. The maximum atomic E-state index is 9.51. The van der Waals surface area contributed by atoms with E-state index in [2.05, 4.69) is 43.1 Å². The summed E-state index contributed by atoms with van der Waals surface area (Å²) in [5, 5.41) is 3.96. The topological polar surface area (TPSA) is 44.6 Å². The van der Waals surface area contributed by atoms with E-state index in [1.807, 2.05) is 0 Å². The second-order valence-electron chi connectivity index (χ2n) is 4.26. The summed E-state index contributed by atoms with van der Waals surface area (Å²) in [6.07, 6.45) is 3.50. The third-order valence-corrected chi connectivity index (χ3v) is 4.28. The Kier molecular flexibility index (Phi) is 10.1. The van der Waals surface area contributed by atoms with Crippen LogP contribution in [-0.4, -0.2) is 22.4 Å². The second kappa shape index (κ2) is 9.68. The first-order valence-electron chi connectivity index (χ1n) is 5.87. The third kappa shape index (κ3) is 13.0. The Morgan fingerprint density at radius 1 is 1.53 bits per heavy atom. The molecule has 0 amide bonds. The zero-order valence-electron chi connectivity index (χ0n) is 10.7. The molecule has 0 aromatic carbocycles. The molecule has 1 atom stereocenters. The predicted octanol–water partition coefficient (Wildman–Crippen LogP) is 3.66. The largest absolute Gasteiger partial charge is 0.365 e. The van der Waals surface area contributed by atoms with Crippen molar-refractivity contribution in [3.05, 3.63) is 0 Å². The SMILES string of the molecule is CCCCCNC(=NP(O)(=S)S)SCC(C)C. The molecule has 2 N–H and O–H groups in total. The molecule has 3 nitrogen and oxygen atoms in total. The van der Waals surface area contributed by atoms with Gasteiger partial charge in [-0.2, -0.15) is 4.76 Å². The van der Waals surface area contributed by atoms with E-state index in [4.69, 9.17) is 11.8 Å². The summed E-state index contributed by atoms with van der Waals surface area (Å²) in [6.45, 7) is 7.35. The van der Waals surface area contributed by atoms with Crippen molar-refractivity contribution in [2.45, 2.75) is 40.0 Å². The molecular weight excluding hydrogens is 291 g/mol. The van der Waals surface area contributed by atoms with Crippen LogP contribution in [0.1, 0.15) is 40.0 Å². The molecule has 0 saturated carbocycles. The molecule has 0 aromatic heterocycles. The van der Waals surface area contributed by atoms with E-state index in [1.165, 1.54) is 12.8 Å². The van der Waals surface area contributed by atoms with Gasteiger partial charge in [0, 0.05) is 12.3 Å². The number of amidine groups is 1. The molecule has 0 heterocycles. The molecule has 17 heavy (non-hydrogen) atoms. The maximum Gasteiger partial charge on any atom is 0.228 e. The number of nitrogens with one attached hydrogen (secondary N) is 1. The Balaban J connectivity index is 4.21. The van der Waals surface area contributed by atoms with Crippen molar-refractivity contribution >= 4 is 46.6 Å². The zero-order valence-corrected chi connectivity index (χ0v) is 14.1. The van der Waals surface area contributed by atoms with Gasteiger partial charge in [0.25, 0.3) is 0 Å². The highest BCUT2D eigenvalue weighted by Gasteiger charge is 2.08. The van der Waals surface area contributed by atoms with Gasteiger partial charge in [-0.15, -0.1) is 0 Å². The van der Waals surface area contributed by atoms with Crippen LogP contribution in [0.3, 0.4) is 0 Å². The average Bonchev–Trinajstić information content (AvgIpc) is 2.18. The van der Waals surface area contributed by atoms with Gasteiger partial charge in [-0.1, -0.05) is 57.6 Å². The molecule has 0 rings (SSSR count). The number of thioether (sulfide) groups is 1. The Morgan fingerprint density at radius 3 is 2.65 bits per heavy atom. The Morgan fingerprint density at radius 2 is 2.18 bits per heavy atom. The van der Waals surface area contributed by atoms with E-state index in [9.17, 15) is 4.89 Å². The van der Waals surface area contributed by atoms with Crippen molar-refractivity contribution in [2.24, 2.45) is 10.7 Å². The van der Waals surface area contributed by atoms with Crippen LogP contribution in [0.15, 0.2) is 4.76 Å². The van der Waals surface area contributed by atoms with Crippen LogP contribution in [0.5, 0.6) is 0 Å². The number of unbranched alkanes of at least 4 members (excludes halogenated alkanes) is 2. The average molecular weight is 314 g/mol. The number of hydrogen-bond acceptors (Lipinski definition) is 2. The van der Waals surface area contributed by atoms with Crippen LogP contribution >= 0.6 is 29.6 Å². The molecular formula is C10H23N2OPS3. The smallest absolute Gasteiger partial charge is 0.228 e. The van der Waals surface area contributed by atoms with Gasteiger partial charge in [0.2, 0.25) is 5.62 Å². The van der Waals surface area contributed by atoms with E-state index in [-0.39, 0.29) is 0 Å². The van der Waals surface area contributed by atoms with E-state index < -0.39 is 5.62 Å². The molecule has 1 unspecified atom stereocenters. The minimum Gasteiger partial charge on any atom is -0.365 e. The molecule has 102 valence electrons. The first-order chi connectivity index (χ1) is 7.85. The maximum absolute atomic E-state index is 9.51. The van der Waals surface area contributed by atoms with Gasteiger partial charge >= 0.3 is 0 Å². The molecule has 0 bridgehead atoms. The van der Waals surface area contributed by atoms with Crippen LogP contribution in [0.4, 0.5) is 0 Å². The van der Waals surface area contributed by atoms with Crippen molar-refractivity contribution in [3.8, 4) is 0 Å². The fourth-order valence-electron chi connectivity index (χ4n) is 1.05. The molecule has 0 fully saturated rings. The number of thiol groups is 1. The highest BCUT2D eigenvalue weighted by Crippen LogP contribution is 2.48. The predicted molar refractivity (Wildman–Crippen MR) is 87.7 cm³/mol. The Bertz CT molecular complexity index is 279. The van der Waals surface area contributed by atoms with Crippen molar-refractivity contribution in [3.63, 3.8) is 0 Å². The van der Waals surface area contributed by atoms with Gasteiger partial charge in [0.05, 0.1) is 0 Å². The van der Waals surface area contributed by atoms with Gasteiger partial charge in [-0.05, 0) is 24.1 Å². The summed E-state index contributed by atoms with van der Waals surface area (Å²) in [6, 6.07) is 0. The first-order valence-corrected chi connectivity index (χ1v) is 10.7. The molecule has 0 aliphatic rings. The van der Waals surface area contributed by atoms with Crippen molar-refractivity contribution in [1.29, 1.82) is 0 Å². The molecule has 7 heteroatoms. The van der Waals surface area contributed by atoms with Gasteiger partial charge < -0.3 is 10.2 Å². The quantitative estimate of drug-likeness (QED) is 0.221. The lowest BCUT2D eigenvalue weighted by Crippen LogP contribution is -2.22. The fraction of sp³-hybridized carbons (Fsp3) is 0.900. The standard InChI is InChI=1S/C10H23N2OPS3/c1-4-5-6-7-11-10(12-14(13,15)16)17-8-9(2)3/h9H,4-8H2,1-3H3,(H3,11,12,13,15,16). The summed E-state index contributed by atoms with van der Waals surface area (Å²) in [4.78, 5) is 9.51. The van der Waals surface area contributed by atoms with Gasteiger partial charge in [0.15, 0.2) is 5.17 Å². The van der Waals surface area contributed by atoms with E-state index in [0.29, 0.717) is 5.92 Å². The minimum atomic E-state index is -2.80. The lowest BCUT2D eigenvalue weighted by atomic mass is 10.2. The number of nitrogens with zero attached hydrogens (tertiary/aromatic N) is 1. The third-order valence-electron chi connectivity index (χ3n) is 1.83. The molecule has 0 radical (unpaired) electrons. The van der Waals surface area contributed by atoms with Crippen LogP contribution in [0, 0.1) is 5.92 Å². The lowest BCUT2D eigenvalue weighted by Gasteiger charge is -2.12. The van der Waals surface area contributed by atoms with Crippen LogP contribution in [0.2, 0.25) is 0 Å². The molecule has 0 aliphatic carbocycles. The summed E-state index contributed by atoms with van der Waals surface area (Å²) in [7, 11) is 0. The van der Waals surface area contributed by atoms with Crippen molar-refractivity contribution in [1.82, 2.24) is 5.32 Å². The first kappa shape index (κ1) is 17.8. The normalized spacial score (nSPS) is 16.0.